The van der Waals surface area contributed by atoms with Crippen molar-refractivity contribution in [1.29, 1.82) is 0 Å². The van der Waals surface area contributed by atoms with Crippen LogP contribution in [-0.4, -0.2) is 94.3 Å². The van der Waals surface area contributed by atoms with Crippen molar-refractivity contribution < 1.29 is 38.7 Å². The number of H-pyrrole nitrogens is 1. The van der Waals surface area contributed by atoms with Gasteiger partial charge in [-0.2, -0.15) is 0 Å². The number of aliphatic carboxylic acids is 1. The van der Waals surface area contributed by atoms with Gasteiger partial charge in [-0.05, 0) is 56.1 Å². The molecule has 0 aliphatic heterocycles. The smallest absolute Gasteiger partial charge is 0.326 e. The number of aromatic nitrogens is 1. The molecular formula is C37H58N8O8. The maximum atomic E-state index is 13.4. The molecule has 0 saturated heterocycles. The number of hydrogen-bond acceptors (Lipinski definition) is 8. The summed E-state index contributed by atoms with van der Waals surface area (Å²) in [6.45, 7) is 13.7. The molecule has 1 aromatic carbocycles. The first-order valence-corrected chi connectivity index (χ1v) is 18.1. The molecule has 1 aromatic heterocycles. The highest BCUT2D eigenvalue weighted by Crippen LogP contribution is 2.19. The minimum Gasteiger partial charge on any atom is -0.480 e. The third kappa shape index (κ3) is 14.2. The van der Waals surface area contributed by atoms with Crippen LogP contribution >= 0.6 is 0 Å². The van der Waals surface area contributed by atoms with Gasteiger partial charge in [0.05, 0.1) is 6.04 Å². The lowest BCUT2D eigenvalue weighted by Gasteiger charge is -2.26. The summed E-state index contributed by atoms with van der Waals surface area (Å²) in [7, 11) is 0. The summed E-state index contributed by atoms with van der Waals surface area (Å²) < 4.78 is 0. The molecule has 0 aliphatic carbocycles. The molecule has 0 spiro atoms. The van der Waals surface area contributed by atoms with Gasteiger partial charge in [0.25, 0.3) is 0 Å². The van der Waals surface area contributed by atoms with Crippen LogP contribution in [0.4, 0.5) is 0 Å². The number of benzene rings is 1. The Hall–Kier alpha value is -4.99. The third-order valence-corrected chi connectivity index (χ3v) is 8.72. The lowest BCUT2D eigenvalue weighted by molar-refractivity contribution is -0.143. The summed E-state index contributed by atoms with van der Waals surface area (Å²) in [5.74, 6) is -4.94. The number of carbonyl (C=O) groups is 7. The number of fused-ring (bicyclic) bond motifs is 1. The van der Waals surface area contributed by atoms with Gasteiger partial charge in [0.2, 0.25) is 35.4 Å². The molecule has 2 aromatic rings. The van der Waals surface area contributed by atoms with Crippen molar-refractivity contribution in [2.75, 3.05) is 6.54 Å². The van der Waals surface area contributed by atoms with Crippen molar-refractivity contribution >= 4 is 52.3 Å². The minimum absolute atomic E-state index is 0.0173. The summed E-state index contributed by atoms with van der Waals surface area (Å²) in [6.07, 6.45) is 2.30. The zero-order valence-electron chi connectivity index (χ0n) is 32.0. The fraction of sp³-hybridized carbons (Fsp3) is 0.595. The van der Waals surface area contributed by atoms with E-state index in [1.807, 2.05) is 38.1 Å². The van der Waals surface area contributed by atoms with Crippen LogP contribution in [-0.2, 0) is 40.0 Å². The molecule has 53 heavy (non-hydrogen) atoms. The van der Waals surface area contributed by atoms with Gasteiger partial charge in [-0.3, -0.25) is 28.8 Å². The van der Waals surface area contributed by atoms with E-state index in [2.05, 4.69) is 36.9 Å². The van der Waals surface area contributed by atoms with Crippen molar-refractivity contribution in [1.82, 2.24) is 36.9 Å². The van der Waals surface area contributed by atoms with Crippen LogP contribution in [0.15, 0.2) is 30.5 Å². The largest absolute Gasteiger partial charge is 0.480 e. The minimum atomic E-state index is -1.17. The Labute approximate surface area is 310 Å². The number of aromatic amines is 1. The number of amides is 6. The van der Waals surface area contributed by atoms with E-state index >= 15 is 0 Å². The number of carbonyl (C=O) groups excluding carboxylic acids is 6. The highest BCUT2D eigenvalue weighted by molar-refractivity contribution is 5.94. The van der Waals surface area contributed by atoms with Crippen molar-refractivity contribution in [3.63, 3.8) is 0 Å². The van der Waals surface area contributed by atoms with Crippen LogP contribution in [0, 0.1) is 17.8 Å². The molecule has 0 saturated carbocycles. The number of nitrogens with one attached hydrogen (secondary N) is 7. The monoisotopic (exact) mass is 742 g/mol. The van der Waals surface area contributed by atoms with E-state index in [0.717, 1.165) is 16.5 Å². The summed E-state index contributed by atoms with van der Waals surface area (Å²) >= 11 is 0. The topological polar surface area (TPSA) is 254 Å². The van der Waals surface area contributed by atoms with Gasteiger partial charge in [0, 0.05) is 36.5 Å². The zero-order valence-corrected chi connectivity index (χ0v) is 32.0. The van der Waals surface area contributed by atoms with E-state index in [-0.39, 0.29) is 50.0 Å². The molecule has 0 aliphatic rings. The predicted octanol–water partition coefficient (Wildman–Crippen LogP) is 0.841. The van der Waals surface area contributed by atoms with E-state index in [0.29, 0.717) is 0 Å². The molecule has 6 atom stereocenters. The number of para-hydroxylation sites is 1. The van der Waals surface area contributed by atoms with Crippen LogP contribution in [0.1, 0.15) is 80.2 Å². The van der Waals surface area contributed by atoms with Crippen LogP contribution in [0.2, 0.25) is 0 Å². The van der Waals surface area contributed by atoms with Crippen molar-refractivity contribution in [3.8, 4) is 0 Å². The first-order chi connectivity index (χ1) is 24.8. The first kappa shape index (κ1) is 44.2. The SMILES string of the molecule is CC(C)C[C@H](NC(=O)[C@H](NC(=O)[C@@H](C)NC(=O)CCCNC(=O)[C@@H](Cc1c[nH]c2ccccc12)NC(=O)[C@@H](C)NC(=O)[C@H](N)C(C)C)C(C)C)C(=O)O. The third-order valence-electron chi connectivity index (χ3n) is 8.72. The molecule has 6 amide bonds. The zero-order chi connectivity index (χ0) is 40.0. The maximum Gasteiger partial charge on any atom is 0.326 e. The molecule has 0 unspecified atom stereocenters. The summed E-state index contributed by atoms with van der Waals surface area (Å²) in [5.41, 5.74) is 7.57. The Kier molecular flexibility index (Phi) is 17.4. The standard InChI is InChI=1S/C37H58N8O8/c1-19(2)16-28(37(52)53)44-36(51)31(21(5)6)45-33(48)22(7)41-29(46)14-11-15-39-34(49)27(17-24-18-40-26-13-10-9-12-25(24)26)43-32(47)23(8)42-35(50)30(38)20(3)4/h9-10,12-13,18-23,27-28,30-31,40H,11,14-17,38H2,1-8H3,(H,39,49)(H,41,46)(H,42,50)(H,43,47)(H,44,51)(H,45,48)(H,52,53)/t22-,23-,27-,28+,30-,31-/m1/s1. The molecule has 0 fully saturated rings. The Morgan fingerprint density at radius 2 is 1.32 bits per heavy atom. The van der Waals surface area contributed by atoms with E-state index in [4.69, 9.17) is 5.73 Å². The number of carboxylic acids is 1. The normalized spacial score (nSPS) is 14.8. The Balaban J connectivity index is 1.97. The van der Waals surface area contributed by atoms with E-state index in [1.165, 1.54) is 13.8 Å². The lowest BCUT2D eigenvalue weighted by Crippen LogP contribution is -2.57. The maximum absolute atomic E-state index is 13.4. The van der Waals surface area contributed by atoms with E-state index < -0.39 is 77.7 Å². The fourth-order valence-electron chi connectivity index (χ4n) is 5.43. The fourth-order valence-corrected chi connectivity index (χ4v) is 5.43. The molecular weight excluding hydrogens is 684 g/mol. The second-order valence-electron chi connectivity index (χ2n) is 14.6. The van der Waals surface area contributed by atoms with Crippen LogP contribution in [0.5, 0.6) is 0 Å². The van der Waals surface area contributed by atoms with Crippen LogP contribution in [0.25, 0.3) is 10.9 Å². The Morgan fingerprint density at radius 1 is 0.717 bits per heavy atom. The van der Waals surface area contributed by atoms with E-state index in [9.17, 15) is 38.7 Å². The van der Waals surface area contributed by atoms with Crippen molar-refractivity contribution in [2.45, 2.75) is 117 Å². The van der Waals surface area contributed by atoms with Gasteiger partial charge >= 0.3 is 5.97 Å². The quantitative estimate of drug-likeness (QED) is 0.0821. The molecule has 2 rings (SSSR count). The van der Waals surface area contributed by atoms with Gasteiger partial charge < -0.3 is 47.7 Å². The second-order valence-corrected chi connectivity index (χ2v) is 14.6. The molecule has 0 radical (unpaired) electrons. The number of nitrogens with two attached hydrogens (primary N) is 1. The average Bonchev–Trinajstić information content (AvgIpc) is 3.49. The van der Waals surface area contributed by atoms with Gasteiger partial charge in [-0.1, -0.05) is 59.7 Å². The van der Waals surface area contributed by atoms with Crippen LogP contribution < -0.4 is 37.6 Å². The first-order valence-electron chi connectivity index (χ1n) is 18.1. The highest BCUT2D eigenvalue weighted by atomic mass is 16.4. The molecule has 16 heteroatoms. The molecule has 1 heterocycles. The number of rotatable bonds is 21. The average molecular weight is 743 g/mol. The lowest BCUT2D eigenvalue weighted by atomic mass is 10.00. The van der Waals surface area contributed by atoms with Gasteiger partial charge in [-0.25, -0.2) is 4.79 Å². The van der Waals surface area contributed by atoms with Crippen LogP contribution in [0.3, 0.4) is 0 Å². The molecule has 294 valence electrons. The predicted molar refractivity (Wildman–Crippen MR) is 200 cm³/mol. The second kappa shape index (κ2) is 20.9. The molecule has 0 bridgehead atoms. The number of carboxylic acid groups (broad SMARTS) is 1. The van der Waals surface area contributed by atoms with Crippen molar-refractivity contribution in [3.05, 3.63) is 36.0 Å². The summed E-state index contributed by atoms with van der Waals surface area (Å²) in [5, 5.41) is 26.2. The van der Waals surface area contributed by atoms with Crippen molar-refractivity contribution in [2.24, 2.45) is 23.5 Å². The summed E-state index contributed by atoms with van der Waals surface area (Å²) in [4.78, 5) is 92.3. The molecule has 16 nitrogen and oxygen atoms in total. The van der Waals surface area contributed by atoms with Gasteiger partial charge in [0.1, 0.15) is 30.2 Å². The number of hydrogen-bond donors (Lipinski definition) is 9. The highest BCUT2D eigenvalue weighted by Gasteiger charge is 2.31. The van der Waals surface area contributed by atoms with E-state index in [1.54, 1.807) is 33.9 Å². The van der Waals surface area contributed by atoms with Gasteiger partial charge in [-0.15, -0.1) is 0 Å². The molecule has 10 N–H and O–H groups in total. The Bertz CT molecular complexity index is 1590. The summed E-state index contributed by atoms with van der Waals surface area (Å²) in [6, 6.07) is 1.60. The van der Waals surface area contributed by atoms with Gasteiger partial charge in [0.15, 0.2) is 0 Å². The Morgan fingerprint density at radius 3 is 1.92 bits per heavy atom.